The number of aliphatic carboxylic acids is 1. The van der Waals surface area contributed by atoms with Gasteiger partial charge in [-0.25, -0.2) is 9.18 Å². The van der Waals surface area contributed by atoms with Crippen LogP contribution in [0.25, 0.3) is 0 Å². The Balaban J connectivity index is 4.39. The topological polar surface area (TPSA) is 66.4 Å². The number of carboxylic acids is 1. The lowest BCUT2D eigenvalue weighted by Crippen LogP contribution is -2.48. The van der Waals surface area contributed by atoms with Gasteiger partial charge in [-0.05, 0) is 6.92 Å². The third-order valence-electron chi connectivity index (χ3n) is 1.97. The van der Waals surface area contributed by atoms with E-state index in [0.717, 1.165) is 0 Å². The van der Waals surface area contributed by atoms with E-state index in [2.05, 4.69) is 0 Å². The smallest absolute Gasteiger partial charge is 0.453 e. The quantitative estimate of drug-likeness (QED) is 0.593. The van der Waals surface area contributed by atoms with Crippen LogP contribution in [0.5, 0.6) is 0 Å². The normalized spacial score (nSPS) is 15.9. The Morgan fingerprint density at radius 1 is 1.11 bits per heavy atom. The monoisotopic (exact) mass is 281 g/mol. The van der Waals surface area contributed by atoms with Gasteiger partial charge in [0.25, 0.3) is 11.6 Å². The molecule has 0 saturated heterocycles. The van der Waals surface area contributed by atoms with E-state index in [0.29, 0.717) is 6.92 Å². The molecule has 106 valence electrons. The van der Waals surface area contributed by atoms with E-state index in [4.69, 9.17) is 5.11 Å². The van der Waals surface area contributed by atoms with Gasteiger partial charge in [-0.3, -0.25) is 4.79 Å². The Kier molecular flexibility index (Phi) is 4.61. The van der Waals surface area contributed by atoms with Crippen LogP contribution >= 0.6 is 0 Å². The summed E-state index contributed by atoms with van der Waals surface area (Å²) in [6.07, 6.45) is -7.60. The van der Waals surface area contributed by atoms with Gasteiger partial charge in [-0.1, -0.05) is 0 Å². The molecule has 4 nitrogen and oxygen atoms in total. The molecule has 2 N–H and O–H groups in total. The highest BCUT2D eigenvalue weighted by molar-refractivity contribution is 6.04. The zero-order valence-electron chi connectivity index (χ0n) is 8.95. The van der Waals surface area contributed by atoms with Gasteiger partial charge in [0.1, 0.15) is 0 Å². The molecule has 10 heteroatoms. The molecule has 1 amide bonds. The average molecular weight is 281 g/mol. The molecule has 0 radical (unpaired) electrons. The first-order chi connectivity index (χ1) is 7.82. The van der Waals surface area contributed by atoms with Crippen LogP contribution in [-0.4, -0.2) is 41.3 Å². The van der Waals surface area contributed by atoms with Crippen molar-refractivity contribution in [3.8, 4) is 0 Å². The minimum absolute atomic E-state index is 0.340. The van der Waals surface area contributed by atoms with E-state index < -0.39 is 42.6 Å². The van der Waals surface area contributed by atoms with Crippen molar-refractivity contribution in [3.05, 3.63) is 0 Å². The fourth-order valence-electron chi connectivity index (χ4n) is 0.738. The number of rotatable bonds is 5. The average Bonchev–Trinajstić information content (AvgIpc) is 2.14. The lowest BCUT2D eigenvalue weighted by Gasteiger charge is -2.20. The lowest BCUT2D eigenvalue weighted by molar-refractivity contribution is -0.283. The first-order valence-corrected chi connectivity index (χ1v) is 4.47. The Hall–Kier alpha value is -1.48. The van der Waals surface area contributed by atoms with Crippen LogP contribution < -0.4 is 5.32 Å². The number of amides is 1. The first kappa shape index (κ1) is 16.5. The summed E-state index contributed by atoms with van der Waals surface area (Å²) < 4.78 is 72.8. The fraction of sp³-hybridized carbons (Fsp3) is 0.750. The number of carbonyl (C=O) groups is 2. The summed E-state index contributed by atoms with van der Waals surface area (Å²) in [5, 5.41) is 9.59. The van der Waals surface area contributed by atoms with Gasteiger partial charge in [-0.2, -0.15) is 22.0 Å². The maximum atomic E-state index is 13.0. The summed E-state index contributed by atoms with van der Waals surface area (Å²) in [6, 6.07) is 0. The van der Waals surface area contributed by atoms with Crippen molar-refractivity contribution >= 4 is 11.9 Å². The summed E-state index contributed by atoms with van der Waals surface area (Å²) in [5.74, 6) is -9.02. The second-order valence-corrected chi connectivity index (χ2v) is 3.52. The number of alkyl halides is 6. The molecule has 0 fully saturated rings. The van der Waals surface area contributed by atoms with Gasteiger partial charge in [0.2, 0.25) is 0 Å². The molecule has 0 aliphatic heterocycles. The molecular formula is C8H9F6NO3. The summed E-state index contributed by atoms with van der Waals surface area (Å²) in [5.41, 5.74) is -3.40. The lowest BCUT2D eigenvalue weighted by atomic mass is 10.1. The maximum absolute atomic E-state index is 13.0. The summed E-state index contributed by atoms with van der Waals surface area (Å²) in [6.45, 7) is -0.870. The summed E-state index contributed by atoms with van der Waals surface area (Å²) in [7, 11) is 0. The van der Waals surface area contributed by atoms with Gasteiger partial charge in [0.05, 0.1) is 0 Å². The number of carboxylic acid groups (broad SMARTS) is 1. The maximum Gasteiger partial charge on any atom is 0.453 e. The molecule has 0 saturated carbocycles. The van der Waals surface area contributed by atoms with Crippen molar-refractivity contribution < 1.29 is 41.0 Å². The highest BCUT2D eigenvalue weighted by Crippen LogP contribution is 2.37. The number of halogens is 6. The van der Waals surface area contributed by atoms with Gasteiger partial charge in [-0.15, -0.1) is 0 Å². The molecule has 0 spiro atoms. The van der Waals surface area contributed by atoms with E-state index in [9.17, 15) is 35.9 Å². The molecule has 1 atom stereocenters. The largest absolute Gasteiger partial charge is 0.478 e. The Morgan fingerprint density at radius 2 is 1.56 bits per heavy atom. The second-order valence-electron chi connectivity index (χ2n) is 3.52. The van der Waals surface area contributed by atoms with E-state index >= 15 is 0 Å². The molecule has 0 aromatic heterocycles. The van der Waals surface area contributed by atoms with Crippen LogP contribution in [0.4, 0.5) is 26.3 Å². The van der Waals surface area contributed by atoms with Crippen molar-refractivity contribution in [2.75, 3.05) is 6.54 Å². The fourth-order valence-corrected chi connectivity index (χ4v) is 0.738. The van der Waals surface area contributed by atoms with E-state index in [1.807, 2.05) is 0 Å². The first-order valence-electron chi connectivity index (χ1n) is 4.47. The highest BCUT2D eigenvalue weighted by Gasteiger charge is 2.56. The summed E-state index contributed by atoms with van der Waals surface area (Å²) in [4.78, 5) is 21.1. The SMILES string of the molecule is CC(F)(C(=O)O)C(=O)NCCC(F)(F)C(F)(F)F. The molecule has 0 aliphatic carbocycles. The van der Waals surface area contributed by atoms with Gasteiger partial charge >= 0.3 is 18.1 Å². The molecule has 0 aliphatic rings. The van der Waals surface area contributed by atoms with Crippen LogP contribution in [0.1, 0.15) is 13.3 Å². The predicted octanol–water partition coefficient (Wildman–Crippen LogP) is 1.50. The van der Waals surface area contributed by atoms with E-state index in [1.54, 1.807) is 0 Å². The Morgan fingerprint density at radius 3 is 1.89 bits per heavy atom. The predicted molar refractivity (Wildman–Crippen MR) is 45.8 cm³/mol. The Bertz CT molecular complexity index is 338. The highest BCUT2D eigenvalue weighted by atomic mass is 19.4. The van der Waals surface area contributed by atoms with Crippen LogP contribution in [0.15, 0.2) is 0 Å². The zero-order chi connectivity index (χ0) is 14.8. The third-order valence-corrected chi connectivity index (χ3v) is 1.97. The number of hydrogen-bond donors (Lipinski definition) is 2. The standard InChI is InChI=1S/C8H9F6NO3/c1-6(9,5(17)18)4(16)15-3-2-7(10,11)8(12,13)14/h2-3H2,1H3,(H,15,16)(H,17,18). The molecule has 18 heavy (non-hydrogen) atoms. The van der Waals surface area contributed by atoms with Crippen molar-refractivity contribution in [2.45, 2.75) is 31.1 Å². The number of nitrogens with one attached hydrogen (secondary N) is 1. The van der Waals surface area contributed by atoms with E-state index in [-0.39, 0.29) is 0 Å². The van der Waals surface area contributed by atoms with Crippen LogP contribution in [-0.2, 0) is 9.59 Å². The van der Waals surface area contributed by atoms with Gasteiger partial charge in [0.15, 0.2) is 0 Å². The molecule has 1 unspecified atom stereocenters. The minimum atomic E-state index is -5.79. The van der Waals surface area contributed by atoms with Crippen molar-refractivity contribution in [1.82, 2.24) is 5.32 Å². The molecule has 0 aromatic carbocycles. The second kappa shape index (κ2) is 5.02. The molecule has 0 rings (SSSR count). The van der Waals surface area contributed by atoms with Crippen molar-refractivity contribution in [3.63, 3.8) is 0 Å². The van der Waals surface area contributed by atoms with Gasteiger partial charge < -0.3 is 10.4 Å². The molecule has 0 aromatic rings. The Labute approximate surface area is 97.0 Å². The van der Waals surface area contributed by atoms with Crippen LogP contribution in [0.3, 0.4) is 0 Å². The number of hydrogen-bond acceptors (Lipinski definition) is 2. The summed E-state index contributed by atoms with van der Waals surface area (Å²) >= 11 is 0. The van der Waals surface area contributed by atoms with Crippen LogP contribution in [0, 0.1) is 0 Å². The van der Waals surface area contributed by atoms with E-state index in [1.165, 1.54) is 5.32 Å². The minimum Gasteiger partial charge on any atom is -0.478 e. The zero-order valence-corrected chi connectivity index (χ0v) is 8.95. The van der Waals surface area contributed by atoms with Crippen molar-refractivity contribution in [2.24, 2.45) is 0 Å². The third kappa shape index (κ3) is 3.77. The number of carbonyl (C=O) groups excluding carboxylic acids is 1. The van der Waals surface area contributed by atoms with Gasteiger partial charge in [0, 0.05) is 13.0 Å². The molecule has 0 heterocycles. The van der Waals surface area contributed by atoms with Crippen LogP contribution in [0.2, 0.25) is 0 Å². The van der Waals surface area contributed by atoms with Crippen molar-refractivity contribution in [1.29, 1.82) is 0 Å². The molecular weight excluding hydrogens is 272 g/mol. The molecule has 0 bridgehead atoms.